The lowest BCUT2D eigenvalue weighted by atomic mass is 9.92. The SMILES string of the molecule is CCCNC1c2cc(Br)cc(Cl)c2CSC1C(C)C. The first-order valence-corrected chi connectivity index (χ1v) is 9.09. The lowest BCUT2D eigenvalue weighted by molar-refractivity contribution is 0.438. The van der Waals surface area contributed by atoms with E-state index in [0.717, 1.165) is 28.2 Å². The first kappa shape index (κ1) is 15.7. The summed E-state index contributed by atoms with van der Waals surface area (Å²) in [6.45, 7) is 7.88. The van der Waals surface area contributed by atoms with Gasteiger partial charge in [0.05, 0.1) is 0 Å². The van der Waals surface area contributed by atoms with Gasteiger partial charge in [-0.3, -0.25) is 0 Å². The van der Waals surface area contributed by atoms with Crippen molar-refractivity contribution in [3.8, 4) is 0 Å². The number of thioether (sulfide) groups is 1. The standard InChI is InChI=1S/C15H21BrClNS/c1-4-5-18-14-11-6-10(16)7-13(17)12(11)8-19-15(14)9(2)3/h6-7,9,14-15,18H,4-5,8H2,1-3H3. The summed E-state index contributed by atoms with van der Waals surface area (Å²) in [7, 11) is 0. The molecule has 4 heteroatoms. The van der Waals surface area contributed by atoms with E-state index in [0.29, 0.717) is 17.2 Å². The molecule has 1 aromatic carbocycles. The van der Waals surface area contributed by atoms with E-state index < -0.39 is 0 Å². The van der Waals surface area contributed by atoms with Gasteiger partial charge < -0.3 is 5.32 Å². The number of fused-ring (bicyclic) bond motifs is 1. The first-order valence-electron chi connectivity index (χ1n) is 6.87. The van der Waals surface area contributed by atoms with Gasteiger partial charge in [0, 0.05) is 26.5 Å². The van der Waals surface area contributed by atoms with Crippen LogP contribution in [0.15, 0.2) is 16.6 Å². The maximum atomic E-state index is 6.40. The number of hydrogen-bond acceptors (Lipinski definition) is 2. The highest BCUT2D eigenvalue weighted by Gasteiger charge is 2.32. The molecule has 106 valence electrons. The van der Waals surface area contributed by atoms with Gasteiger partial charge in [-0.05, 0) is 42.1 Å². The van der Waals surface area contributed by atoms with Gasteiger partial charge in [0.15, 0.2) is 0 Å². The molecule has 0 aliphatic carbocycles. The second kappa shape index (κ2) is 6.84. The van der Waals surface area contributed by atoms with E-state index in [1.807, 2.05) is 17.8 Å². The molecule has 2 unspecified atom stereocenters. The Morgan fingerprint density at radius 3 is 2.84 bits per heavy atom. The number of benzene rings is 1. The molecular weight excluding hydrogens is 342 g/mol. The van der Waals surface area contributed by atoms with Crippen LogP contribution in [-0.2, 0) is 5.75 Å². The molecule has 0 amide bonds. The van der Waals surface area contributed by atoms with Crippen LogP contribution in [0.2, 0.25) is 5.02 Å². The molecule has 1 aliphatic heterocycles. The first-order chi connectivity index (χ1) is 9.04. The summed E-state index contributed by atoms with van der Waals surface area (Å²) in [5.41, 5.74) is 2.69. The third kappa shape index (κ3) is 3.49. The van der Waals surface area contributed by atoms with Crippen molar-refractivity contribution in [1.82, 2.24) is 5.32 Å². The van der Waals surface area contributed by atoms with E-state index in [2.05, 4.69) is 48.1 Å². The Hall–Kier alpha value is 0.300. The zero-order valence-corrected chi connectivity index (χ0v) is 14.8. The van der Waals surface area contributed by atoms with E-state index in [9.17, 15) is 0 Å². The van der Waals surface area contributed by atoms with E-state index in [1.54, 1.807) is 0 Å². The summed E-state index contributed by atoms with van der Waals surface area (Å²) < 4.78 is 1.08. The average molecular weight is 363 g/mol. The van der Waals surface area contributed by atoms with Crippen LogP contribution in [0.25, 0.3) is 0 Å². The zero-order chi connectivity index (χ0) is 14.0. The molecular formula is C15H21BrClNS. The smallest absolute Gasteiger partial charge is 0.0460 e. The lowest BCUT2D eigenvalue weighted by Gasteiger charge is -2.37. The Bertz CT molecular complexity index is 450. The maximum Gasteiger partial charge on any atom is 0.0460 e. The Labute approximate surface area is 134 Å². The third-order valence-corrected chi connectivity index (χ3v) is 6.00. The van der Waals surface area contributed by atoms with Gasteiger partial charge in [0.25, 0.3) is 0 Å². The second-order valence-electron chi connectivity index (χ2n) is 5.41. The van der Waals surface area contributed by atoms with Crippen molar-refractivity contribution in [3.63, 3.8) is 0 Å². The lowest BCUT2D eigenvalue weighted by Crippen LogP contribution is -2.36. The van der Waals surface area contributed by atoms with Crippen molar-refractivity contribution < 1.29 is 0 Å². The molecule has 0 spiro atoms. The fraction of sp³-hybridized carbons (Fsp3) is 0.600. The monoisotopic (exact) mass is 361 g/mol. The molecule has 0 radical (unpaired) electrons. The molecule has 1 heterocycles. The normalized spacial score (nSPS) is 22.6. The van der Waals surface area contributed by atoms with Gasteiger partial charge in [-0.15, -0.1) is 0 Å². The summed E-state index contributed by atoms with van der Waals surface area (Å²) in [5, 5.41) is 5.22. The molecule has 19 heavy (non-hydrogen) atoms. The maximum absolute atomic E-state index is 6.40. The molecule has 1 nitrogen and oxygen atoms in total. The van der Waals surface area contributed by atoms with Crippen molar-refractivity contribution in [2.24, 2.45) is 5.92 Å². The van der Waals surface area contributed by atoms with Crippen LogP contribution in [0.3, 0.4) is 0 Å². The van der Waals surface area contributed by atoms with Crippen LogP contribution in [0.1, 0.15) is 44.4 Å². The Morgan fingerprint density at radius 1 is 1.47 bits per heavy atom. The van der Waals surface area contributed by atoms with Crippen molar-refractivity contribution in [3.05, 3.63) is 32.8 Å². The summed E-state index contributed by atoms with van der Waals surface area (Å²) in [6.07, 6.45) is 1.16. The Kier molecular flexibility index (Phi) is 5.65. The molecule has 0 fully saturated rings. The molecule has 0 aromatic heterocycles. The van der Waals surface area contributed by atoms with Gasteiger partial charge in [-0.25, -0.2) is 0 Å². The molecule has 0 saturated carbocycles. The fourth-order valence-corrected chi connectivity index (χ4v) is 5.09. The summed E-state index contributed by atoms with van der Waals surface area (Å²) >= 11 is 12.0. The van der Waals surface area contributed by atoms with E-state index >= 15 is 0 Å². The number of halogens is 2. The highest BCUT2D eigenvalue weighted by atomic mass is 79.9. The number of rotatable bonds is 4. The van der Waals surface area contributed by atoms with Crippen molar-refractivity contribution >= 4 is 39.3 Å². The van der Waals surface area contributed by atoms with Crippen LogP contribution in [0.4, 0.5) is 0 Å². The predicted octanol–water partition coefficient (Wildman–Crippen LogP) is 5.41. The highest BCUT2D eigenvalue weighted by Crippen LogP contribution is 2.44. The zero-order valence-electron chi connectivity index (χ0n) is 11.7. The predicted molar refractivity (Wildman–Crippen MR) is 90.1 cm³/mol. The van der Waals surface area contributed by atoms with Crippen molar-refractivity contribution in [2.75, 3.05) is 6.54 Å². The van der Waals surface area contributed by atoms with E-state index in [-0.39, 0.29) is 0 Å². The van der Waals surface area contributed by atoms with Crippen LogP contribution in [0.5, 0.6) is 0 Å². The Balaban J connectivity index is 2.39. The minimum Gasteiger partial charge on any atom is -0.309 e. The number of hydrogen-bond donors (Lipinski definition) is 1. The molecule has 1 N–H and O–H groups in total. The molecule has 2 atom stereocenters. The Morgan fingerprint density at radius 2 is 2.21 bits per heavy atom. The van der Waals surface area contributed by atoms with Gasteiger partial charge >= 0.3 is 0 Å². The van der Waals surface area contributed by atoms with Crippen molar-refractivity contribution in [2.45, 2.75) is 44.2 Å². The molecule has 0 saturated heterocycles. The van der Waals surface area contributed by atoms with E-state index in [1.165, 1.54) is 11.1 Å². The van der Waals surface area contributed by atoms with Crippen LogP contribution >= 0.6 is 39.3 Å². The van der Waals surface area contributed by atoms with Crippen LogP contribution < -0.4 is 5.32 Å². The number of nitrogens with one attached hydrogen (secondary N) is 1. The van der Waals surface area contributed by atoms with Crippen LogP contribution in [0, 0.1) is 5.92 Å². The third-order valence-electron chi connectivity index (χ3n) is 3.55. The summed E-state index contributed by atoms with van der Waals surface area (Å²) in [6, 6.07) is 4.65. The molecule has 1 aromatic rings. The minimum atomic E-state index is 0.406. The van der Waals surface area contributed by atoms with E-state index in [4.69, 9.17) is 11.6 Å². The second-order valence-corrected chi connectivity index (χ2v) is 7.90. The van der Waals surface area contributed by atoms with Gasteiger partial charge in [0.2, 0.25) is 0 Å². The summed E-state index contributed by atoms with van der Waals surface area (Å²) in [5.74, 6) is 1.68. The molecule has 2 rings (SSSR count). The quantitative estimate of drug-likeness (QED) is 0.768. The molecule has 1 aliphatic rings. The topological polar surface area (TPSA) is 12.0 Å². The van der Waals surface area contributed by atoms with Gasteiger partial charge in [-0.2, -0.15) is 11.8 Å². The summed E-state index contributed by atoms with van der Waals surface area (Å²) in [4.78, 5) is 0. The fourth-order valence-electron chi connectivity index (χ4n) is 2.61. The van der Waals surface area contributed by atoms with Gasteiger partial charge in [-0.1, -0.05) is 48.3 Å². The minimum absolute atomic E-state index is 0.406. The highest BCUT2D eigenvalue weighted by molar-refractivity contribution is 9.10. The molecule has 0 bridgehead atoms. The average Bonchev–Trinajstić information content (AvgIpc) is 2.35. The largest absolute Gasteiger partial charge is 0.309 e. The van der Waals surface area contributed by atoms with Gasteiger partial charge in [0.1, 0.15) is 0 Å². The van der Waals surface area contributed by atoms with Crippen LogP contribution in [-0.4, -0.2) is 11.8 Å². The van der Waals surface area contributed by atoms with Crippen molar-refractivity contribution in [1.29, 1.82) is 0 Å².